The molecular formula is C28H35Cl3N2O3S. The molecule has 1 amide bonds. The van der Waals surface area contributed by atoms with Crippen LogP contribution in [-0.2, 0) is 14.8 Å². The molecule has 2 aromatic rings. The number of hydrogen-bond donors (Lipinski definition) is 1. The summed E-state index contributed by atoms with van der Waals surface area (Å²) in [6.45, 7) is 7.97. The fourth-order valence-corrected chi connectivity index (χ4v) is 7.00. The van der Waals surface area contributed by atoms with Gasteiger partial charge in [0, 0.05) is 34.4 Å². The van der Waals surface area contributed by atoms with E-state index in [-0.39, 0.29) is 42.1 Å². The van der Waals surface area contributed by atoms with Gasteiger partial charge < -0.3 is 4.90 Å². The molecule has 0 radical (unpaired) electrons. The lowest BCUT2D eigenvalue weighted by molar-refractivity contribution is -0.154. The number of carbonyl (C=O) groups is 1. The monoisotopic (exact) mass is 584 g/mol. The van der Waals surface area contributed by atoms with Crippen LogP contribution in [0.15, 0.2) is 61.2 Å². The lowest BCUT2D eigenvalue weighted by Crippen LogP contribution is -2.57. The summed E-state index contributed by atoms with van der Waals surface area (Å²) in [5.41, 5.74) is 1.26. The third-order valence-corrected chi connectivity index (χ3v) is 9.32. The van der Waals surface area contributed by atoms with Crippen LogP contribution in [-0.4, -0.2) is 43.4 Å². The van der Waals surface area contributed by atoms with Gasteiger partial charge in [-0.15, -0.1) is 18.2 Å². The Morgan fingerprint density at radius 3 is 2.46 bits per heavy atom. The molecule has 0 aromatic heterocycles. The average molecular weight is 586 g/mol. The number of allylic oxidation sites excluding steroid dienone is 1. The van der Waals surface area contributed by atoms with Gasteiger partial charge >= 0.3 is 0 Å². The lowest BCUT2D eigenvalue weighted by Gasteiger charge is -2.52. The molecule has 1 saturated heterocycles. The number of halogens is 3. The Morgan fingerprint density at radius 2 is 1.86 bits per heavy atom. The Kier molecular flexibility index (Phi) is 10.5. The van der Waals surface area contributed by atoms with Crippen LogP contribution < -0.4 is 4.72 Å². The molecule has 2 aromatic carbocycles. The second-order valence-corrected chi connectivity index (χ2v) is 13.1. The zero-order chi connectivity index (χ0) is 27.2. The Hall–Kier alpha value is -1.57. The van der Waals surface area contributed by atoms with Gasteiger partial charge in [-0.25, -0.2) is 13.1 Å². The van der Waals surface area contributed by atoms with Crippen LogP contribution in [0.3, 0.4) is 0 Å². The first-order valence-electron chi connectivity index (χ1n) is 12.5. The molecule has 0 aliphatic carbocycles. The Balaban J connectivity index is 2.13. The zero-order valence-electron chi connectivity index (χ0n) is 21.3. The van der Waals surface area contributed by atoms with Crippen molar-refractivity contribution in [1.29, 1.82) is 0 Å². The third kappa shape index (κ3) is 7.30. The summed E-state index contributed by atoms with van der Waals surface area (Å²) >= 11 is 18.3. The maximum absolute atomic E-state index is 14.3. The number of hydrogen-bond acceptors (Lipinski definition) is 3. The van der Waals surface area contributed by atoms with Gasteiger partial charge in [-0.3, -0.25) is 4.79 Å². The van der Waals surface area contributed by atoms with Crippen molar-refractivity contribution >= 4 is 50.7 Å². The van der Waals surface area contributed by atoms with Crippen LogP contribution >= 0.6 is 34.8 Å². The summed E-state index contributed by atoms with van der Waals surface area (Å²) in [7, 11) is -3.53. The van der Waals surface area contributed by atoms with Gasteiger partial charge in [0.25, 0.3) is 0 Å². The molecule has 5 nitrogen and oxygen atoms in total. The molecule has 0 saturated carbocycles. The molecular weight excluding hydrogens is 551 g/mol. The highest BCUT2D eigenvalue weighted by molar-refractivity contribution is 7.89. The second kappa shape index (κ2) is 13.0. The Labute approximate surface area is 236 Å². The van der Waals surface area contributed by atoms with Crippen LogP contribution in [0.2, 0.25) is 10.0 Å². The largest absolute Gasteiger partial charge is 0.330 e. The van der Waals surface area contributed by atoms with Gasteiger partial charge in [0.2, 0.25) is 15.9 Å². The normalized spacial score (nSPS) is 23.2. The first kappa shape index (κ1) is 30.0. The quantitative estimate of drug-likeness (QED) is 0.216. The van der Waals surface area contributed by atoms with Crippen LogP contribution in [0.25, 0.3) is 0 Å². The van der Waals surface area contributed by atoms with Gasteiger partial charge in [0.1, 0.15) is 0 Å². The Bertz CT molecular complexity index is 1190. The maximum Gasteiger partial charge on any atom is 0.229 e. The van der Waals surface area contributed by atoms with Crippen molar-refractivity contribution in [3.05, 3.63) is 82.4 Å². The van der Waals surface area contributed by atoms with Crippen molar-refractivity contribution in [2.24, 2.45) is 5.41 Å². The van der Waals surface area contributed by atoms with Crippen molar-refractivity contribution in [2.75, 3.05) is 18.2 Å². The van der Waals surface area contributed by atoms with Crippen molar-refractivity contribution < 1.29 is 13.2 Å². The molecule has 3 rings (SSSR count). The minimum absolute atomic E-state index is 0.0163. The second-order valence-electron chi connectivity index (χ2n) is 9.90. The van der Waals surface area contributed by atoms with E-state index in [1.54, 1.807) is 6.08 Å². The standard InChI is InChI=1S/C28H35Cl3N2O3S/c1-4-14-28(3)18-25(21-8-6-9-23(31)17-21)26(20-10-12-22(30)13-11-20)33(27(28)34)24(5-2)19-32-37(35,36)16-7-15-29/h4,6,8-13,17,24-26,32H,1,5,7,14-16,18-19H2,2-3H3/t24-,25-,26-,28+/m1/s1. The van der Waals surface area contributed by atoms with E-state index in [4.69, 9.17) is 34.8 Å². The molecule has 0 unspecified atom stereocenters. The minimum Gasteiger partial charge on any atom is -0.330 e. The van der Waals surface area contributed by atoms with Gasteiger partial charge in [-0.2, -0.15) is 0 Å². The van der Waals surface area contributed by atoms with E-state index in [0.29, 0.717) is 35.7 Å². The van der Waals surface area contributed by atoms with E-state index in [2.05, 4.69) is 11.3 Å². The van der Waals surface area contributed by atoms with Crippen molar-refractivity contribution in [3.63, 3.8) is 0 Å². The number of amides is 1. The molecule has 1 N–H and O–H groups in total. The molecule has 4 atom stereocenters. The zero-order valence-corrected chi connectivity index (χ0v) is 24.4. The van der Waals surface area contributed by atoms with E-state index in [0.717, 1.165) is 11.1 Å². The first-order valence-corrected chi connectivity index (χ1v) is 15.5. The number of carbonyl (C=O) groups excluding carboxylic acids is 1. The smallest absolute Gasteiger partial charge is 0.229 e. The van der Waals surface area contributed by atoms with Gasteiger partial charge in [0.05, 0.1) is 17.2 Å². The molecule has 9 heteroatoms. The van der Waals surface area contributed by atoms with Crippen molar-refractivity contribution in [3.8, 4) is 0 Å². The highest BCUT2D eigenvalue weighted by Crippen LogP contribution is 2.52. The molecule has 0 spiro atoms. The fraction of sp³-hybridized carbons (Fsp3) is 0.464. The van der Waals surface area contributed by atoms with Crippen LogP contribution in [0, 0.1) is 5.41 Å². The minimum atomic E-state index is -3.53. The number of rotatable bonds is 12. The third-order valence-electron chi connectivity index (χ3n) is 7.14. The summed E-state index contributed by atoms with van der Waals surface area (Å²) < 4.78 is 27.9. The number of likely N-dealkylation sites (tertiary alicyclic amines) is 1. The summed E-state index contributed by atoms with van der Waals surface area (Å²) in [5.74, 6) is 0.116. The van der Waals surface area contributed by atoms with E-state index >= 15 is 0 Å². The van der Waals surface area contributed by atoms with E-state index in [9.17, 15) is 13.2 Å². The highest BCUT2D eigenvalue weighted by Gasteiger charge is 2.50. The molecule has 202 valence electrons. The summed E-state index contributed by atoms with van der Waals surface area (Å²) in [5, 5.41) is 1.23. The predicted molar refractivity (Wildman–Crippen MR) is 154 cm³/mol. The van der Waals surface area contributed by atoms with E-state index in [1.165, 1.54) is 0 Å². The average Bonchev–Trinajstić information content (AvgIpc) is 2.86. The first-order chi connectivity index (χ1) is 17.5. The topological polar surface area (TPSA) is 66.5 Å². The molecule has 0 bridgehead atoms. The predicted octanol–water partition coefficient (Wildman–Crippen LogP) is 6.96. The van der Waals surface area contributed by atoms with Crippen LogP contribution in [0.1, 0.15) is 62.6 Å². The SMILES string of the molecule is C=CC[C@@]1(C)C[C@H](c2cccc(Cl)c2)[C@@H](c2ccc(Cl)cc2)N([C@H](CC)CNS(=O)(=O)CCCCl)C1=O. The fourth-order valence-electron chi connectivity index (χ4n) is 5.27. The van der Waals surface area contributed by atoms with Gasteiger partial charge in [0.15, 0.2) is 0 Å². The molecule has 1 fully saturated rings. The van der Waals surface area contributed by atoms with E-state index < -0.39 is 15.4 Å². The van der Waals surface area contributed by atoms with Gasteiger partial charge in [-0.05, 0) is 61.1 Å². The van der Waals surface area contributed by atoms with Crippen LogP contribution in [0.4, 0.5) is 0 Å². The number of nitrogens with zero attached hydrogens (tertiary/aromatic N) is 1. The van der Waals surface area contributed by atoms with E-state index in [1.807, 2.05) is 67.3 Å². The number of benzene rings is 2. The molecule has 1 aliphatic rings. The summed E-state index contributed by atoms with van der Waals surface area (Å²) in [4.78, 5) is 16.2. The molecule has 1 aliphatic heterocycles. The lowest BCUT2D eigenvalue weighted by atomic mass is 9.67. The maximum atomic E-state index is 14.3. The molecule has 37 heavy (non-hydrogen) atoms. The Morgan fingerprint density at radius 1 is 1.16 bits per heavy atom. The highest BCUT2D eigenvalue weighted by atomic mass is 35.5. The number of sulfonamides is 1. The molecule has 1 heterocycles. The number of nitrogens with one attached hydrogen (secondary N) is 1. The number of alkyl halides is 1. The number of piperidine rings is 1. The van der Waals surface area contributed by atoms with Gasteiger partial charge in [-0.1, -0.05) is 67.4 Å². The summed E-state index contributed by atoms with van der Waals surface area (Å²) in [6.07, 6.45) is 3.81. The van der Waals surface area contributed by atoms with Crippen molar-refractivity contribution in [1.82, 2.24) is 9.62 Å². The van der Waals surface area contributed by atoms with Crippen LogP contribution in [0.5, 0.6) is 0 Å². The van der Waals surface area contributed by atoms with Crippen molar-refractivity contribution in [2.45, 2.75) is 57.5 Å². The summed E-state index contributed by atoms with van der Waals surface area (Å²) in [6, 6.07) is 14.6.